The predicted octanol–water partition coefficient (Wildman–Crippen LogP) is 3.45. The van der Waals surface area contributed by atoms with E-state index in [1.807, 2.05) is 23.5 Å². The van der Waals surface area contributed by atoms with Crippen LogP contribution in [0.2, 0.25) is 0 Å². The lowest BCUT2D eigenvalue weighted by atomic mass is 10.0. The van der Waals surface area contributed by atoms with E-state index in [4.69, 9.17) is 5.84 Å². The van der Waals surface area contributed by atoms with Crippen LogP contribution >= 0.6 is 23.5 Å². The van der Waals surface area contributed by atoms with Gasteiger partial charge < -0.3 is 0 Å². The fourth-order valence-electron chi connectivity index (χ4n) is 2.28. The summed E-state index contributed by atoms with van der Waals surface area (Å²) in [5, 5.41) is 0.674. The van der Waals surface area contributed by atoms with Crippen molar-refractivity contribution in [3.05, 3.63) is 35.4 Å². The van der Waals surface area contributed by atoms with Crippen LogP contribution in [0.25, 0.3) is 0 Å². The van der Waals surface area contributed by atoms with Gasteiger partial charge >= 0.3 is 6.18 Å². The molecule has 2 rings (SSSR count). The Morgan fingerprint density at radius 1 is 1.20 bits per heavy atom. The minimum absolute atomic E-state index is 0.134. The predicted molar refractivity (Wildman–Crippen MR) is 79.7 cm³/mol. The van der Waals surface area contributed by atoms with Crippen molar-refractivity contribution in [3.8, 4) is 0 Å². The van der Waals surface area contributed by atoms with Crippen molar-refractivity contribution in [2.45, 2.75) is 29.6 Å². The zero-order valence-electron chi connectivity index (χ0n) is 11.0. The second-order valence-electron chi connectivity index (χ2n) is 4.68. The first kappa shape index (κ1) is 16.0. The molecule has 2 nitrogen and oxygen atoms in total. The number of alkyl halides is 3. The number of hydrogen-bond acceptors (Lipinski definition) is 4. The van der Waals surface area contributed by atoms with Crippen molar-refractivity contribution in [3.63, 3.8) is 0 Å². The lowest BCUT2D eigenvalue weighted by Crippen LogP contribution is -2.40. The highest BCUT2D eigenvalue weighted by atomic mass is 32.2. The van der Waals surface area contributed by atoms with Crippen LogP contribution in [0.4, 0.5) is 13.2 Å². The summed E-state index contributed by atoms with van der Waals surface area (Å²) in [5.74, 6) is 7.77. The summed E-state index contributed by atoms with van der Waals surface area (Å²) in [5.41, 5.74) is 2.93. The van der Waals surface area contributed by atoms with Gasteiger partial charge in [-0.25, -0.2) is 0 Å². The fraction of sp³-hybridized carbons (Fsp3) is 0.538. The normalized spacial score (nSPS) is 25.4. The summed E-state index contributed by atoms with van der Waals surface area (Å²) in [6, 6.07) is 5.13. The van der Waals surface area contributed by atoms with E-state index in [1.54, 1.807) is 0 Å². The van der Waals surface area contributed by atoms with Crippen molar-refractivity contribution < 1.29 is 13.2 Å². The minimum Gasteiger partial charge on any atom is -0.271 e. The van der Waals surface area contributed by atoms with E-state index in [9.17, 15) is 13.2 Å². The van der Waals surface area contributed by atoms with Gasteiger partial charge in [-0.05, 0) is 17.7 Å². The maximum absolute atomic E-state index is 12.6. The molecular weight excluding hydrogens is 305 g/mol. The zero-order chi connectivity index (χ0) is 14.8. The summed E-state index contributed by atoms with van der Waals surface area (Å²) in [6.45, 7) is 2.13. The van der Waals surface area contributed by atoms with Gasteiger partial charge in [0.25, 0.3) is 0 Å². The van der Waals surface area contributed by atoms with E-state index in [1.165, 1.54) is 12.1 Å². The smallest absolute Gasteiger partial charge is 0.271 e. The van der Waals surface area contributed by atoms with E-state index in [2.05, 4.69) is 12.3 Å². The highest BCUT2D eigenvalue weighted by Crippen LogP contribution is 2.39. The highest BCUT2D eigenvalue weighted by molar-refractivity contribution is 8.07. The van der Waals surface area contributed by atoms with Crippen molar-refractivity contribution >= 4 is 23.5 Å². The topological polar surface area (TPSA) is 38.0 Å². The monoisotopic (exact) mass is 322 g/mol. The molecule has 3 atom stereocenters. The highest BCUT2D eigenvalue weighted by Gasteiger charge is 2.33. The maximum atomic E-state index is 12.6. The zero-order valence-corrected chi connectivity index (χ0v) is 12.6. The van der Waals surface area contributed by atoms with Gasteiger partial charge in [0.15, 0.2) is 0 Å². The molecule has 112 valence electrons. The van der Waals surface area contributed by atoms with Crippen LogP contribution in [0.1, 0.15) is 24.1 Å². The molecule has 0 saturated carbocycles. The average Bonchev–Trinajstić information content (AvgIpc) is 2.41. The first-order valence-corrected chi connectivity index (χ1v) is 8.39. The van der Waals surface area contributed by atoms with Crippen LogP contribution < -0.4 is 11.3 Å². The summed E-state index contributed by atoms with van der Waals surface area (Å²) in [7, 11) is 0. The van der Waals surface area contributed by atoms with E-state index < -0.39 is 11.7 Å². The van der Waals surface area contributed by atoms with Crippen LogP contribution in [0.3, 0.4) is 0 Å². The Morgan fingerprint density at radius 3 is 2.30 bits per heavy atom. The number of thioether (sulfide) groups is 2. The van der Waals surface area contributed by atoms with Crippen LogP contribution in [0.15, 0.2) is 24.3 Å². The van der Waals surface area contributed by atoms with Gasteiger partial charge in [-0.1, -0.05) is 19.1 Å². The van der Waals surface area contributed by atoms with E-state index >= 15 is 0 Å². The quantitative estimate of drug-likeness (QED) is 0.660. The lowest BCUT2D eigenvalue weighted by Gasteiger charge is -2.34. The molecule has 1 aromatic rings. The Hall–Kier alpha value is -0.370. The third-order valence-electron chi connectivity index (χ3n) is 3.34. The van der Waals surface area contributed by atoms with Gasteiger partial charge in [0.2, 0.25) is 0 Å². The summed E-state index contributed by atoms with van der Waals surface area (Å²) in [4.78, 5) is 0. The van der Waals surface area contributed by atoms with Gasteiger partial charge in [-0.3, -0.25) is 11.3 Å². The molecule has 7 heteroatoms. The van der Waals surface area contributed by atoms with Crippen LogP contribution in [0, 0.1) is 0 Å². The number of rotatable bonds is 3. The van der Waals surface area contributed by atoms with Gasteiger partial charge in [-0.2, -0.15) is 36.7 Å². The summed E-state index contributed by atoms with van der Waals surface area (Å²) in [6.07, 6.45) is -4.30. The SMILES string of the molecule is CC1SCCSC1C(NN)c1ccc(C(F)(F)F)cc1. The van der Waals surface area contributed by atoms with Crippen LogP contribution in [-0.2, 0) is 6.18 Å². The molecule has 3 N–H and O–H groups in total. The van der Waals surface area contributed by atoms with Crippen LogP contribution in [-0.4, -0.2) is 22.0 Å². The fourth-order valence-corrected chi connectivity index (χ4v) is 5.21. The number of benzene rings is 1. The number of hydrogen-bond donors (Lipinski definition) is 2. The van der Waals surface area contributed by atoms with Gasteiger partial charge in [0.1, 0.15) is 0 Å². The molecular formula is C13H17F3N2S2. The Morgan fingerprint density at radius 2 is 1.80 bits per heavy atom. The van der Waals surface area contributed by atoms with E-state index in [0.29, 0.717) is 5.25 Å². The molecule has 3 unspecified atom stereocenters. The molecule has 1 aliphatic rings. The van der Waals surface area contributed by atoms with Crippen molar-refractivity contribution in [1.29, 1.82) is 0 Å². The maximum Gasteiger partial charge on any atom is 0.416 e. The molecule has 0 radical (unpaired) electrons. The van der Waals surface area contributed by atoms with E-state index in [-0.39, 0.29) is 11.3 Å². The number of nitrogens with two attached hydrogens (primary N) is 1. The Kier molecular flexibility index (Phi) is 5.28. The summed E-state index contributed by atoms with van der Waals surface area (Å²) < 4.78 is 37.7. The average molecular weight is 322 g/mol. The number of halogens is 3. The second kappa shape index (κ2) is 6.60. The van der Waals surface area contributed by atoms with E-state index in [0.717, 1.165) is 29.2 Å². The summed E-state index contributed by atoms with van der Waals surface area (Å²) >= 11 is 3.70. The van der Waals surface area contributed by atoms with Crippen LogP contribution in [0.5, 0.6) is 0 Å². The lowest BCUT2D eigenvalue weighted by molar-refractivity contribution is -0.137. The second-order valence-corrected chi connectivity index (χ2v) is 7.45. The molecule has 0 aliphatic carbocycles. The van der Waals surface area contributed by atoms with Gasteiger partial charge in [-0.15, -0.1) is 0 Å². The van der Waals surface area contributed by atoms with Gasteiger partial charge in [0.05, 0.1) is 11.6 Å². The number of nitrogens with one attached hydrogen (secondary N) is 1. The third kappa shape index (κ3) is 3.63. The molecule has 1 aromatic carbocycles. The largest absolute Gasteiger partial charge is 0.416 e. The minimum atomic E-state index is -4.30. The Labute approximate surface area is 125 Å². The Balaban J connectivity index is 2.19. The first-order valence-electron chi connectivity index (χ1n) is 6.30. The molecule has 1 aliphatic heterocycles. The van der Waals surface area contributed by atoms with Crippen molar-refractivity contribution in [2.24, 2.45) is 5.84 Å². The standard InChI is InChI=1S/C13H17F3N2S2/c1-8-12(20-7-6-19-8)11(18-17)9-2-4-10(5-3-9)13(14,15)16/h2-5,8,11-12,18H,6-7,17H2,1H3. The number of hydrazine groups is 1. The van der Waals surface area contributed by atoms with Crippen molar-refractivity contribution in [2.75, 3.05) is 11.5 Å². The molecule has 0 bridgehead atoms. The van der Waals surface area contributed by atoms with Gasteiger partial charge in [0, 0.05) is 22.0 Å². The molecule has 1 saturated heterocycles. The molecule has 0 aromatic heterocycles. The van der Waals surface area contributed by atoms with Crippen molar-refractivity contribution in [1.82, 2.24) is 5.43 Å². The molecule has 0 amide bonds. The Bertz CT molecular complexity index is 436. The first-order chi connectivity index (χ1) is 9.43. The third-order valence-corrected chi connectivity index (χ3v) is 6.54. The molecule has 20 heavy (non-hydrogen) atoms. The molecule has 1 fully saturated rings. The molecule has 0 spiro atoms. The molecule has 1 heterocycles.